The fraction of sp³-hybridized carbons (Fsp3) is 0.929. The summed E-state index contributed by atoms with van der Waals surface area (Å²) in [4.78, 5) is 4.91. The molecule has 2 rings (SSSR count). The molecule has 0 amide bonds. The van der Waals surface area contributed by atoms with Crippen LogP contribution in [0.5, 0.6) is 0 Å². The molecule has 1 aliphatic heterocycles. The maximum Gasteiger partial charge on any atom is 0.157 e. The van der Waals surface area contributed by atoms with Crippen LogP contribution >= 0.6 is 11.8 Å². The van der Waals surface area contributed by atoms with Gasteiger partial charge in [-0.3, -0.25) is 4.99 Å². The van der Waals surface area contributed by atoms with Gasteiger partial charge in [-0.1, -0.05) is 51.8 Å². The fourth-order valence-corrected chi connectivity index (χ4v) is 4.21. The third-order valence-electron chi connectivity index (χ3n) is 4.14. The van der Waals surface area contributed by atoms with Crippen molar-refractivity contribution in [3.63, 3.8) is 0 Å². The molecule has 98 valence electrons. The Balaban J connectivity index is 1.98. The van der Waals surface area contributed by atoms with Crippen LogP contribution in [-0.2, 0) is 0 Å². The Morgan fingerprint density at radius 3 is 2.59 bits per heavy atom. The Bertz CT molecular complexity index is 280. The van der Waals surface area contributed by atoms with Gasteiger partial charge in [0.1, 0.15) is 0 Å². The van der Waals surface area contributed by atoms with Gasteiger partial charge in [-0.2, -0.15) is 0 Å². The fourth-order valence-electron chi connectivity index (χ4n) is 2.94. The summed E-state index contributed by atoms with van der Waals surface area (Å²) in [6.45, 7) is 6.78. The van der Waals surface area contributed by atoms with E-state index in [1.807, 2.05) is 11.8 Å². The normalized spacial score (nSPS) is 27.6. The first-order chi connectivity index (χ1) is 8.15. The van der Waals surface area contributed by atoms with Gasteiger partial charge in [-0.15, -0.1) is 0 Å². The summed E-state index contributed by atoms with van der Waals surface area (Å²) in [6, 6.07) is 0.490. The smallest absolute Gasteiger partial charge is 0.157 e. The zero-order valence-electron chi connectivity index (χ0n) is 11.5. The third-order valence-corrected chi connectivity index (χ3v) is 5.32. The topological polar surface area (TPSA) is 24.4 Å². The van der Waals surface area contributed by atoms with Gasteiger partial charge in [-0.25, -0.2) is 0 Å². The highest BCUT2D eigenvalue weighted by atomic mass is 32.2. The summed E-state index contributed by atoms with van der Waals surface area (Å²) in [5.41, 5.74) is 0.400. The van der Waals surface area contributed by atoms with Crippen molar-refractivity contribution in [3.8, 4) is 0 Å². The summed E-state index contributed by atoms with van der Waals surface area (Å²) < 4.78 is 0. The minimum atomic E-state index is 0.400. The number of nitrogens with one attached hydrogen (secondary N) is 1. The first-order valence-corrected chi connectivity index (χ1v) is 8.12. The van der Waals surface area contributed by atoms with Crippen LogP contribution in [0.2, 0.25) is 0 Å². The summed E-state index contributed by atoms with van der Waals surface area (Å²) in [6.07, 6.45) is 8.04. The standard InChI is InChI=1S/C14H26N2S/c1-4-12(11(2)3)15-13-16-14(10-17-13)8-6-5-7-9-14/h11-12H,4-10H2,1-3H3,(H,15,16). The van der Waals surface area contributed by atoms with Crippen LogP contribution in [-0.4, -0.2) is 22.5 Å². The number of amidine groups is 1. The first kappa shape index (κ1) is 13.3. The van der Waals surface area contributed by atoms with Gasteiger partial charge >= 0.3 is 0 Å². The number of thioether (sulfide) groups is 1. The van der Waals surface area contributed by atoms with Gasteiger partial charge in [0, 0.05) is 11.3 Å². The van der Waals surface area contributed by atoms with E-state index in [1.54, 1.807) is 0 Å². The van der Waals surface area contributed by atoms with Gasteiger partial charge < -0.3 is 5.32 Å². The molecule has 1 heterocycles. The van der Waals surface area contributed by atoms with Crippen LogP contribution in [0.25, 0.3) is 0 Å². The molecular weight excluding hydrogens is 228 g/mol. The molecule has 1 N–H and O–H groups in total. The van der Waals surface area contributed by atoms with E-state index in [4.69, 9.17) is 4.99 Å². The van der Waals surface area contributed by atoms with Crippen LogP contribution in [0.15, 0.2) is 4.99 Å². The van der Waals surface area contributed by atoms with E-state index in [0.717, 1.165) is 6.42 Å². The quantitative estimate of drug-likeness (QED) is 0.828. The molecule has 2 aliphatic rings. The molecule has 0 radical (unpaired) electrons. The monoisotopic (exact) mass is 254 g/mol. The lowest BCUT2D eigenvalue weighted by atomic mass is 9.83. The largest absolute Gasteiger partial charge is 0.359 e. The van der Waals surface area contributed by atoms with E-state index in [1.165, 1.54) is 43.0 Å². The molecule has 3 heteroatoms. The van der Waals surface area contributed by atoms with Crippen molar-refractivity contribution in [2.75, 3.05) is 5.75 Å². The highest BCUT2D eigenvalue weighted by Gasteiger charge is 2.38. The summed E-state index contributed by atoms with van der Waals surface area (Å²) in [5.74, 6) is 1.89. The summed E-state index contributed by atoms with van der Waals surface area (Å²) in [7, 11) is 0. The van der Waals surface area contributed by atoms with Crippen molar-refractivity contribution in [2.45, 2.75) is 70.9 Å². The lowest BCUT2D eigenvalue weighted by Gasteiger charge is -2.32. The number of hydrogen-bond donors (Lipinski definition) is 1. The van der Waals surface area contributed by atoms with E-state index in [-0.39, 0.29) is 0 Å². The van der Waals surface area contributed by atoms with E-state index in [9.17, 15) is 0 Å². The average molecular weight is 254 g/mol. The van der Waals surface area contributed by atoms with Crippen LogP contribution in [0, 0.1) is 5.92 Å². The summed E-state index contributed by atoms with van der Waals surface area (Å²) >= 11 is 1.95. The molecule has 1 aliphatic carbocycles. The zero-order chi connectivity index (χ0) is 12.3. The van der Waals surface area contributed by atoms with Crippen LogP contribution < -0.4 is 5.32 Å². The van der Waals surface area contributed by atoms with E-state index in [0.29, 0.717) is 17.5 Å². The number of aliphatic imine (C=N–C) groups is 1. The number of rotatable bonds is 3. The predicted molar refractivity (Wildman–Crippen MR) is 77.8 cm³/mol. The lowest BCUT2D eigenvalue weighted by Crippen LogP contribution is -2.45. The second-order valence-corrected chi connectivity index (χ2v) is 6.87. The molecule has 0 aromatic rings. The number of hydrogen-bond acceptors (Lipinski definition) is 2. The molecule has 17 heavy (non-hydrogen) atoms. The minimum absolute atomic E-state index is 0.400. The Kier molecular flexibility index (Phi) is 4.40. The summed E-state index contributed by atoms with van der Waals surface area (Å²) in [5, 5.41) is 4.95. The van der Waals surface area contributed by atoms with Crippen LogP contribution in [0.1, 0.15) is 59.3 Å². The van der Waals surface area contributed by atoms with Crippen molar-refractivity contribution in [3.05, 3.63) is 0 Å². The molecule has 0 bridgehead atoms. The molecule has 1 unspecified atom stereocenters. The zero-order valence-corrected chi connectivity index (χ0v) is 12.3. The van der Waals surface area contributed by atoms with E-state index in [2.05, 4.69) is 26.1 Å². The van der Waals surface area contributed by atoms with Gasteiger partial charge in [0.25, 0.3) is 0 Å². The van der Waals surface area contributed by atoms with Crippen LogP contribution in [0.4, 0.5) is 0 Å². The van der Waals surface area contributed by atoms with E-state index < -0.39 is 0 Å². The van der Waals surface area contributed by atoms with Crippen molar-refractivity contribution in [2.24, 2.45) is 10.9 Å². The Hall–Kier alpha value is -0.180. The second-order valence-electron chi connectivity index (χ2n) is 5.91. The van der Waals surface area contributed by atoms with Crippen molar-refractivity contribution < 1.29 is 0 Å². The Labute approximate surface area is 110 Å². The molecule has 1 spiro atoms. The van der Waals surface area contributed by atoms with Gasteiger partial charge in [-0.05, 0) is 25.2 Å². The van der Waals surface area contributed by atoms with Crippen molar-refractivity contribution >= 4 is 16.9 Å². The van der Waals surface area contributed by atoms with Crippen molar-refractivity contribution in [1.82, 2.24) is 5.32 Å². The average Bonchev–Trinajstić information content (AvgIpc) is 2.70. The third kappa shape index (κ3) is 3.18. The van der Waals surface area contributed by atoms with Gasteiger partial charge in [0.15, 0.2) is 5.17 Å². The molecule has 0 aromatic heterocycles. The SMILES string of the molecule is CCC(N=C1NC2(CCCCC2)CS1)C(C)C. The van der Waals surface area contributed by atoms with E-state index >= 15 is 0 Å². The Morgan fingerprint density at radius 1 is 1.29 bits per heavy atom. The maximum absolute atomic E-state index is 4.91. The highest BCUT2D eigenvalue weighted by molar-refractivity contribution is 8.14. The minimum Gasteiger partial charge on any atom is -0.359 e. The molecule has 2 nitrogen and oxygen atoms in total. The predicted octanol–water partition coefficient (Wildman–Crippen LogP) is 3.82. The Morgan fingerprint density at radius 2 is 2.00 bits per heavy atom. The molecule has 1 saturated carbocycles. The van der Waals surface area contributed by atoms with Crippen molar-refractivity contribution in [1.29, 1.82) is 0 Å². The molecular formula is C14H26N2S. The molecule has 2 fully saturated rings. The molecule has 0 aromatic carbocycles. The lowest BCUT2D eigenvalue weighted by molar-refractivity contribution is 0.303. The number of nitrogens with zero attached hydrogens (tertiary/aromatic N) is 1. The van der Waals surface area contributed by atoms with Crippen LogP contribution in [0.3, 0.4) is 0 Å². The molecule has 1 atom stereocenters. The highest BCUT2D eigenvalue weighted by Crippen LogP contribution is 2.36. The first-order valence-electron chi connectivity index (χ1n) is 7.14. The van der Waals surface area contributed by atoms with Gasteiger partial charge in [0.05, 0.1) is 6.04 Å². The second kappa shape index (κ2) is 5.64. The van der Waals surface area contributed by atoms with Gasteiger partial charge in [0.2, 0.25) is 0 Å². The maximum atomic E-state index is 4.91. The molecule has 1 saturated heterocycles.